The zero-order valence-electron chi connectivity index (χ0n) is 20.0. The van der Waals surface area contributed by atoms with Crippen LogP contribution >= 0.6 is 11.3 Å². The first-order valence-corrected chi connectivity index (χ1v) is 13.3. The molecule has 0 bridgehead atoms. The van der Waals surface area contributed by atoms with Crippen molar-refractivity contribution in [2.24, 2.45) is 0 Å². The quantitative estimate of drug-likeness (QED) is 0.375. The molecule has 34 heavy (non-hydrogen) atoms. The number of nitrogens with one attached hydrogen (secondary N) is 1. The van der Waals surface area contributed by atoms with E-state index in [0.29, 0.717) is 32.1 Å². The summed E-state index contributed by atoms with van der Waals surface area (Å²) in [6.07, 6.45) is 0. The summed E-state index contributed by atoms with van der Waals surface area (Å²) in [5, 5.41) is 1.94. The van der Waals surface area contributed by atoms with Crippen LogP contribution in [0.2, 0.25) is 0 Å². The van der Waals surface area contributed by atoms with Crippen molar-refractivity contribution in [3.05, 3.63) is 76.0 Å². The molecule has 3 rings (SSSR count). The van der Waals surface area contributed by atoms with Gasteiger partial charge in [0.1, 0.15) is 5.75 Å². The lowest BCUT2D eigenvalue weighted by Gasteiger charge is -2.30. The molecule has 0 aliphatic rings. The van der Waals surface area contributed by atoms with Crippen LogP contribution in [0.15, 0.2) is 64.9 Å². The van der Waals surface area contributed by atoms with Gasteiger partial charge in [-0.2, -0.15) is 4.72 Å². The number of sulfonamides is 1. The SMILES string of the molecule is COCCN(CCOC)c1cccc(OC)c1C(NS(=O)(=O)c1ccc(C)cc1)c1cccs1. The lowest BCUT2D eigenvalue weighted by Crippen LogP contribution is -2.34. The number of nitrogens with zero attached hydrogens (tertiary/aromatic N) is 1. The Kier molecular flexibility index (Phi) is 9.49. The van der Waals surface area contributed by atoms with Gasteiger partial charge in [0.25, 0.3) is 0 Å². The normalized spacial score (nSPS) is 12.5. The van der Waals surface area contributed by atoms with Crippen LogP contribution in [-0.4, -0.2) is 56.1 Å². The van der Waals surface area contributed by atoms with E-state index in [1.165, 1.54) is 11.3 Å². The average molecular weight is 505 g/mol. The number of benzene rings is 2. The smallest absolute Gasteiger partial charge is 0.241 e. The molecular formula is C25H32N2O5S2. The summed E-state index contributed by atoms with van der Waals surface area (Å²) in [5.41, 5.74) is 2.60. The molecule has 0 saturated carbocycles. The topological polar surface area (TPSA) is 77.1 Å². The minimum absolute atomic E-state index is 0.215. The molecule has 1 atom stereocenters. The van der Waals surface area contributed by atoms with Crippen molar-refractivity contribution in [1.29, 1.82) is 0 Å². The Labute approximate surface area is 206 Å². The third-order valence-electron chi connectivity index (χ3n) is 5.46. The Morgan fingerprint density at radius 3 is 2.18 bits per heavy atom. The molecule has 1 aromatic heterocycles. The van der Waals surface area contributed by atoms with Gasteiger partial charge in [-0.1, -0.05) is 29.8 Å². The van der Waals surface area contributed by atoms with E-state index < -0.39 is 16.1 Å². The number of ether oxygens (including phenoxy) is 3. The van der Waals surface area contributed by atoms with E-state index >= 15 is 0 Å². The number of thiophene rings is 1. The van der Waals surface area contributed by atoms with Crippen LogP contribution in [0.1, 0.15) is 22.0 Å². The highest BCUT2D eigenvalue weighted by Gasteiger charge is 2.30. The fourth-order valence-electron chi connectivity index (χ4n) is 3.69. The molecule has 0 amide bonds. The second kappa shape index (κ2) is 12.3. The lowest BCUT2D eigenvalue weighted by atomic mass is 10.0. The largest absolute Gasteiger partial charge is 0.496 e. The van der Waals surface area contributed by atoms with Crippen LogP contribution in [0.3, 0.4) is 0 Å². The summed E-state index contributed by atoms with van der Waals surface area (Å²) in [6.45, 7) is 4.18. The minimum Gasteiger partial charge on any atom is -0.496 e. The highest BCUT2D eigenvalue weighted by molar-refractivity contribution is 7.89. The third kappa shape index (κ3) is 6.37. The highest BCUT2D eigenvalue weighted by Crippen LogP contribution is 2.40. The summed E-state index contributed by atoms with van der Waals surface area (Å²) in [7, 11) is 1.09. The molecule has 9 heteroatoms. The molecule has 1 heterocycles. The Balaban J connectivity index is 2.13. The molecule has 7 nitrogen and oxygen atoms in total. The van der Waals surface area contributed by atoms with Crippen LogP contribution in [0.5, 0.6) is 5.75 Å². The fourth-order valence-corrected chi connectivity index (χ4v) is 5.73. The molecule has 0 aliphatic heterocycles. The first kappa shape index (κ1) is 26.2. The molecule has 1 N–H and O–H groups in total. The molecule has 2 aromatic carbocycles. The van der Waals surface area contributed by atoms with Gasteiger partial charge in [-0.15, -0.1) is 11.3 Å². The Morgan fingerprint density at radius 1 is 0.941 bits per heavy atom. The summed E-state index contributed by atoms with van der Waals surface area (Å²) in [5.74, 6) is 0.599. The number of methoxy groups -OCH3 is 3. The van der Waals surface area contributed by atoms with Crippen LogP contribution in [0, 0.1) is 6.92 Å². The van der Waals surface area contributed by atoms with E-state index in [1.54, 1.807) is 45.6 Å². The van der Waals surface area contributed by atoms with Crippen LogP contribution < -0.4 is 14.4 Å². The zero-order valence-corrected chi connectivity index (χ0v) is 21.6. The van der Waals surface area contributed by atoms with Crippen molar-refractivity contribution in [1.82, 2.24) is 4.72 Å². The van der Waals surface area contributed by atoms with E-state index in [-0.39, 0.29) is 4.90 Å². The summed E-state index contributed by atoms with van der Waals surface area (Å²) < 4.78 is 46.2. The van der Waals surface area contributed by atoms with Crippen LogP contribution in [0.25, 0.3) is 0 Å². The van der Waals surface area contributed by atoms with Gasteiger partial charge in [0.15, 0.2) is 0 Å². The molecule has 0 aliphatic carbocycles. The standard InChI is InChI=1S/C25H32N2O5S2/c1-19-10-12-20(13-11-19)34(28,29)26-25(23-9-6-18-33-23)24-21(7-5-8-22(24)32-4)27(14-16-30-2)15-17-31-3/h5-13,18,25-26H,14-17H2,1-4H3. The number of anilines is 1. The van der Waals surface area contributed by atoms with Crippen LogP contribution in [0.4, 0.5) is 5.69 Å². The Morgan fingerprint density at radius 2 is 1.62 bits per heavy atom. The minimum atomic E-state index is -3.82. The van der Waals surface area contributed by atoms with Gasteiger partial charge in [0.2, 0.25) is 10.0 Å². The summed E-state index contributed by atoms with van der Waals surface area (Å²) in [4.78, 5) is 3.21. The number of hydrogen-bond acceptors (Lipinski definition) is 7. The van der Waals surface area contributed by atoms with E-state index in [0.717, 1.165) is 21.7 Å². The molecule has 0 fully saturated rings. The maximum absolute atomic E-state index is 13.4. The zero-order chi connectivity index (χ0) is 24.6. The van der Waals surface area contributed by atoms with Gasteiger partial charge in [-0.25, -0.2) is 8.42 Å². The molecule has 1 unspecified atom stereocenters. The third-order valence-corrected chi connectivity index (χ3v) is 7.83. The number of rotatable bonds is 13. The number of hydrogen-bond donors (Lipinski definition) is 1. The van der Waals surface area contributed by atoms with E-state index in [1.807, 2.05) is 42.6 Å². The van der Waals surface area contributed by atoms with Gasteiger partial charge < -0.3 is 19.1 Å². The van der Waals surface area contributed by atoms with Gasteiger partial charge >= 0.3 is 0 Å². The maximum Gasteiger partial charge on any atom is 0.241 e. The molecule has 0 saturated heterocycles. The molecular weight excluding hydrogens is 472 g/mol. The first-order valence-electron chi connectivity index (χ1n) is 10.9. The molecule has 3 aromatic rings. The van der Waals surface area contributed by atoms with Crippen molar-refractivity contribution in [2.45, 2.75) is 17.9 Å². The van der Waals surface area contributed by atoms with E-state index in [4.69, 9.17) is 14.2 Å². The van der Waals surface area contributed by atoms with E-state index in [2.05, 4.69) is 9.62 Å². The van der Waals surface area contributed by atoms with Crippen molar-refractivity contribution in [3.63, 3.8) is 0 Å². The average Bonchev–Trinajstić information content (AvgIpc) is 3.37. The van der Waals surface area contributed by atoms with Crippen molar-refractivity contribution >= 4 is 27.0 Å². The summed E-state index contributed by atoms with van der Waals surface area (Å²) >= 11 is 1.49. The number of aryl methyl sites for hydroxylation is 1. The van der Waals surface area contributed by atoms with Gasteiger partial charge in [-0.3, -0.25) is 0 Å². The Hall–Kier alpha value is -2.43. The summed E-state index contributed by atoms with van der Waals surface area (Å²) in [6, 6.07) is 15.8. The second-order valence-corrected chi connectivity index (χ2v) is 10.4. The van der Waals surface area contributed by atoms with Crippen LogP contribution in [-0.2, 0) is 19.5 Å². The Bertz CT molecular complexity index is 1120. The van der Waals surface area contributed by atoms with Crippen molar-refractivity contribution < 1.29 is 22.6 Å². The monoisotopic (exact) mass is 504 g/mol. The van der Waals surface area contributed by atoms with Gasteiger partial charge in [0.05, 0.1) is 31.3 Å². The predicted molar refractivity (Wildman–Crippen MR) is 137 cm³/mol. The maximum atomic E-state index is 13.4. The molecule has 0 spiro atoms. The van der Waals surface area contributed by atoms with Gasteiger partial charge in [-0.05, 0) is 42.6 Å². The molecule has 0 radical (unpaired) electrons. The molecule has 184 valence electrons. The fraction of sp³-hybridized carbons (Fsp3) is 0.360. The second-order valence-electron chi connectivity index (χ2n) is 7.75. The predicted octanol–water partition coefficient (Wildman–Crippen LogP) is 4.23. The highest BCUT2D eigenvalue weighted by atomic mass is 32.2. The van der Waals surface area contributed by atoms with Crippen molar-refractivity contribution in [2.75, 3.05) is 52.5 Å². The van der Waals surface area contributed by atoms with Crippen molar-refractivity contribution in [3.8, 4) is 5.75 Å². The van der Waals surface area contributed by atoms with E-state index in [9.17, 15) is 8.42 Å². The first-order chi connectivity index (χ1) is 16.4. The van der Waals surface area contributed by atoms with Gasteiger partial charge in [0, 0.05) is 43.4 Å². The lowest BCUT2D eigenvalue weighted by molar-refractivity contribution is 0.190.